The normalized spacial score (nSPS) is 13.8. The molecule has 0 aliphatic rings. The Morgan fingerprint density at radius 2 is 1.10 bits per heavy atom. The van der Waals surface area contributed by atoms with Crippen LogP contribution < -0.4 is 31.9 Å². The van der Waals surface area contributed by atoms with E-state index in [-0.39, 0.29) is 44.3 Å². The standard InChI is InChI=1S/C46H70N6O11/c1-10-12-16-30-19-21-31(22-20-30)32-23-25-33(26-24-32)38(54)50-35(18-15-28-48-44(61)63-46(7,8)9)40(56)52-37(29(3)53)41(57)49-34(11-2)39(55)51-36(42(58)59)17-13-14-27-47-43(60)62-45(4,5)6/h19-26,29,34-37,53H,10-18,27-28H2,1-9H3,(H,47,60)(H,48,61)(H,49,57)(H,50,54)(H,51,55)(H,52,56)(H,58,59). The molecule has 0 saturated carbocycles. The van der Waals surface area contributed by atoms with Gasteiger partial charge in [-0.25, -0.2) is 14.4 Å². The molecule has 8 N–H and O–H groups in total. The molecular weight excluding hydrogens is 813 g/mol. The molecule has 2 rings (SSSR count). The lowest BCUT2D eigenvalue weighted by Gasteiger charge is -2.27. The van der Waals surface area contributed by atoms with Gasteiger partial charge in [-0.2, -0.15) is 0 Å². The second-order valence-electron chi connectivity index (χ2n) is 17.5. The summed E-state index contributed by atoms with van der Waals surface area (Å²) in [5, 5.41) is 35.8. The summed E-state index contributed by atoms with van der Waals surface area (Å²) < 4.78 is 10.5. The predicted molar refractivity (Wildman–Crippen MR) is 239 cm³/mol. The van der Waals surface area contributed by atoms with E-state index in [1.165, 1.54) is 12.5 Å². The number of aliphatic hydroxyl groups excluding tert-OH is 1. The summed E-state index contributed by atoms with van der Waals surface area (Å²) in [5.41, 5.74) is 1.97. The summed E-state index contributed by atoms with van der Waals surface area (Å²) in [6.07, 6.45) is 1.51. The number of unbranched alkanes of at least 4 members (excludes halogenated alkanes) is 2. The minimum atomic E-state index is -1.58. The third-order valence-electron chi connectivity index (χ3n) is 9.52. The number of nitrogens with one attached hydrogen (secondary N) is 6. The fraction of sp³-hybridized carbons (Fsp3) is 0.587. The van der Waals surface area contributed by atoms with E-state index in [4.69, 9.17) is 9.47 Å². The highest BCUT2D eigenvalue weighted by Gasteiger charge is 2.33. The molecule has 6 amide bonds. The van der Waals surface area contributed by atoms with Crippen LogP contribution in [0.4, 0.5) is 9.59 Å². The predicted octanol–water partition coefficient (Wildman–Crippen LogP) is 5.12. The number of aliphatic hydroxyl groups is 1. The van der Waals surface area contributed by atoms with Gasteiger partial charge in [0.15, 0.2) is 0 Å². The van der Waals surface area contributed by atoms with Gasteiger partial charge in [0.25, 0.3) is 5.91 Å². The number of carbonyl (C=O) groups is 7. The molecule has 0 fully saturated rings. The Labute approximate surface area is 371 Å². The van der Waals surface area contributed by atoms with Crippen molar-refractivity contribution in [2.75, 3.05) is 13.1 Å². The van der Waals surface area contributed by atoms with Crippen molar-refractivity contribution in [1.82, 2.24) is 31.9 Å². The molecule has 0 saturated heterocycles. The molecule has 17 heteroatoms. The number of hydrogen-bond donors (Lipinski definition) is 8. The van der Waals surface area contributed by atoms with E-state index >= 15 is 0 Å². The van der Waals surface area contributed by atoms with Crippen LogP contribution in [-0.2, 0) is 35.1 Å². The van der Waals surface area contributed by atoms with Gasteiger partial charge >= 0.3 is 18.2 Å². The number of aryl methyl sites for hydroxylation is 1. The Balaban J connectivity index is 2.15. The highest BCUT2D eigenvalue weighted by Crippen LogP contribution is 2.21. The minimum absolute atomic E-state index is 0.0115. The lowest BCUT2D eigenvalue weighted by atomic mass is 10.0. The number of rotatable bonds is 24. The van der Waals surface area contributed by atoms with E-state index in [1.54, 1.807) is 72.7 Å². The molecule has 5 unspecified atom stereocenters. The van der Waals surface area contributed by atoms with E-state index in [2.05, 4.69) is 51.0 Å². The summed E-state index contributed by atoms with van der Waals surface area (Å²) in [6.45, 7) is 15.7. The lowest BCUT2D eigenvalue weighted by molar-refractivity contribution is -0.142. The Kier molecular flexibility index (Phi) is 22.1. The first-order valence-corrected chi connectivity index (χ1v) is 21.8. The molecule has 0 spiro atoms. The maximum atomic E-state index is 13.8. The quantitative estimate of drug-likeness (QED) is 0.0643. The van der Waals surface area contributed by atoms with Crippen molar-refractivity contribution in [3.8, 4) is 11.1 Å². The summed E-state index contributed by atoms with van der Waals surface area (Å²) in [4.78, 5) is 90.3. The summed E-state index contributed by atoms with van der Waals surface area (Å²) in [7, 11) is 0. The van der Waals surface area contributed by atoms with E-state index in [9.17, 15) is 43.8 Å². The Bertz CT molecular complexity index is 1800. The number of carbonyl (C=O) groups excluding carboxylic acids is 6. The first-order valence-electron chi connectivity index (χ1n) is 21.8. The van der Waals surface area contributed by atoms with Crippen LogP contribution >= 0.6 is 0 Å². The third kappa shape index (κ3) is 20.8. The first kappa shape index (κ1) is 53.4. The molecule has 63 heavy (non-hydrogen) atoms. The van der Waals surface area contributed by atoms with Crippen LogP contribution in [0, 0.1) is 0 Å². The maximum absolute atomic E-state index is 13.8. The molecule has 2 aromatic carbocycles. The number of aliphatic carboxylic acids is 1. The summed E-state index contributed by atoms with van der Waals surface area (Å²) in [6, 6.07) is 9.74. The van der Waals surface area contributed by atoms with Gasteiger partial charge < -0.3 is 51.6 Å². The van der Waals surface area contributed by atoms with Crippen molar-refractivity contribution in [2.24, 2.45) is 0 Å². The average molecular weight is 883 g/mol. The molecule has 2 aromatic rings. The molecule has 0 bridgehead atoms. The van der Waals surface area contributed by atoms with Gasteiger partial charge in [-0.05, 0) is 129 Å². The molecule has 0 aliphatic heterocycles. The highest BCUT2D eigenvalue weighted by molar-refractivity contribution is 5.99. The zero-order valence-electron chi connectivity index (χ0n) is 38.4. The van der Waals surface area contributed by atoms with Crippen molar-refractivity contribution in [2.45, 2.75) is 162 Å². The maximum Gasteiger partial charge on any atom is 0.407 e. The van der Waals surface area contributed by atoms with Gasteiger partial charge in [0, 0.05) is 18.7 Å². The number of alkyl carbamates (subject to hydrolysis) is 2. The monoisotopic (exact) mass is 883 g/mol. The van der Waals surface area contributed by atoms with Crippen LogP contribution in [-0.4, -0.2) is 107 Å². The van der Waals surface area contributed by atoms with Crippen LogP contribution in [0.15, 0.2) is 48.5 Å². The second kappa shape index (κ2) is 26.0. The number of benzene rings is 2. The van der Waals surface area contributed by atoms with Crippen molar-refractivity contribution in [1.29, 1.82) is 0 Å². The Morgan fingerprint density at radius 3 is 1.59 bits per heavy atom. The largest absolute Gasteiger partial charge is 0.480 e. The number of carboxylic acids is 1. The molecule has 0 heterocycles. The first-order chi connectivity index (χ1) is 29.5. The fourth-order valence-electron chi connectivity index (χ4n) is 6.16. The molecule has 17 nitrogen and oxygen atoms in total. The van der Waals surface area contributed by atoms with Gasteiger partial charge in [-0.15, -0.1) is 0 Å². The SMILES string of the molecule is CCCCc1ccc(-c2ccc(C(=O)NC(CCCNC(=O)OC(C)(C)C)C(=O)NC(C(=O)NC(CC)C(=O)NC(CCCCNC(=O)OC(C)(C)C)C(=O)O)C(C)O)cc2)cc1. The van der Waals surface area contributed by atoms with E-state index < -0.39 is 83.3 Å². The van der Waals surface area contributed by atoms with Crippen LogP contribution in [0.25, 0.3) is 11.1 Å². The number of ether oxygens (including phenoxy) is 2. The van der Waals surface area contributed by atoms with Gasteiger partial charge in [-0.3, -0.25) is 19.2 Å². The molecule has 350 valence electrons. The zero-order chi connectivity index (χ0) is 47.3. The smallest absolute Gasteiger partial charge is 0.407 e. The van der Waals surface area contributed by atoms with Crippen molar-refractivity contribution >= 4 is 41.8 Å². The number of amides is 6. The Morgan fingerprint density at radius 1 is 0.603 bits per heavy atom. The van der Waals surface area contributed by atoms with Gasteiger partial charge in [0.05, 0.1) is 6.10 Å². The minimum Gasteiger partial charge on any atom is -0.480 e. The fourth-order valence-corrected chi connectivity index (χ4v) is 6.16. The number of carboxylic acid groups (broad SMARTS) is 1. The summed E-state index contributed by atoms with van der Waals surface area (Å²) in [5.74, 6) is -4.41. The topological polar surface area (TPSA) is 251 Å². The Hall–Kier alpha value is -5.71. The van der Waals surface area contributed by atoms with Gasteiger partial charge in [-0.1, -0.05) is 56.7 Å². The van der Waals surface area contributed by atoms with E-state index in [0.717, 1.165) is 30.4 Å². The van der Waals surface area contributed by atoms with Crippen molar-refractivity contribution < 1.29 is 53.2 Å². The van der Waals surface area contributed by atoms with Crippen LogP contribution in [0.5, 0.6) is 0 Å². The van der Waals surface area contributed by atoms with Crippen molar-refractivity contribution in [3.63, 3.8) is 0 Å². The molecule has 0 aromatic heterocycles. The summed E-state index contributed by atoms with van der Waals surface area (Å²) >= 11 is 0. The van der Waals surface area contributed by atoms with Crippen LogP contribution in [0.3, 0.4) is 0 Å². The second-order valence-corrected chi connectivity index (χ2v) is 17.5. The molecule has 0 aliphatic carbocycles. The average Bonchev–Trinajstić information content (AvgIpc) is 3.20. The van der Waals surface area contributed by atoms with E-state index in [1.807, 2.05) is 12.1 Å². The highest BCUT2D eigenvalue weighted by atomic mass is 16.6. The van der Waals surface area contributed by atoms with Crippen molar-refractivity contribution in [3.05, 3.63) is 59.7 Å². The molecule has 0 radical (unpaired) electrons. The third-order valence-corrected chi connectivity index (χ3v) is 9.52. The lowest BCUT2D eigenvalue weighted by Crippen LogP contribution is -2.60. The van der Waals surface area contributed by atoms with Gasteiger partial charge in [0.1, 0.15) is 35.4 Å². The van der Waals surface area contributed by atoms with Crippen LogP contribution in [0.1, 0.15) is 130 Å². The molecular formula is C46H70N6O11. The van der Waals surface area contributed by atoms with Crippen LogP contribution in [0.2, 0.25) is 0 Å². The van der Waals surface area contributed by atoms with Gasteiger partial charge in [0.2, 0.25) is 17.7 Å². The number of hydrogen-bond acceptors (Lipinski definition) is 10. The zero-order valence-corrected chi connectivity index (χ0v) is 38.4. The molecule has 5 atom stereocenters. The van der Waals surface area contributed by atoms with E-state index in [0.29, 0.717) is 12.8 Å².